The van der Waals surface area contributed by atoms with Crippen LogP contribution in [0, 0.1) is 5.92 Å². The number of carbonyl (C=O) groups excluding carboxylic acids is 2. The molecule has 0 aliphatic carbocycles. The Bertz CT molecular complexity index is 231. The number of ketones is 1. The van der Waals surface area contributed by atoms with Crippen LogP contribution in [0.4, 0.5) is 0 Å². The number of esters is 1. The third-order valence-corrected chi connectivity index (χ3v) is 1.92. The van der Waals surface area contributed by atoms with Gasteiger partial charge in [0.25, 0.3) is 0 Å². The van der Waals surface area contributed by atoms with Crippen molar-refractivity contribution in [2.75, 3.05) is 6.61 Å². The van der Waals surface area contributed by atoms with E-state index in [0.717, 1.165) is 5.57 Å². The maximum Gasteiger partial charge on any atom is 0.316 e. The Morgan fingerprint density at radius 1 is 1.36 bits per heavy atom. The molecule has 0 N–H and O–H groups in total. The number of rotatable bonds is 6. The van der Waals surface area contributed by atoms with E-state index in [1.807, 2.05) is 6.92 Å². The lowest BCUT2D eigenvalue weighted by atomic mass is 9.97. The van der Waals surface area contributed by atoms with Gasteiger partial charge in [0.15, 0.2) is 0 Å². The van der Waals surface area contributed by atoms with Gasteiger partial charge in [0.1, 0.15) is 11.7 Å². The second-order valence-electron chi connectivity index (χ2n) is 3.41. The fourth-order valence-electron chi connectivity index (χ4n) is 1.12. The maximum atomic E-state index is 11.3. The Morgan fingerprint density at radius 2 is 1.93 bits per heavy atom. The quantitative estimate of drug-likeness (QED) is 0.373. The van der Waals surface area contributed by atoms with Crippen LogP contribution < -0.4 is 0 Å². The summed E-state index contributed by atoms with van der Waals surface area (Å²) in [6.45, 7) is 9.07. The molecular weight excluding hydrogens is 180 g/mol. The van der Waals surface area contributed by atoms with Crippen LogP contribution in [0.2, 0.25) is 0 Å². The van der Waals surface area contributed by atoms with Crippen LogP contribution in [0.15, 0.2) is 12.2 Å². The van der Waals surface area contributed by atoms with Crippen molar-refractivity contribution >= 4 is 11.8 Å². The molecule has 80 valence electrons. The molecule has 1 atom stereocenters. The van der Waals surface area contributed by atoms with Crippen LogP contribution in [-0.2, 0) is 14.3 Å². The summed E-state index contributed by atoms with van der Waals surface area (Å²) in [6, 6.07) is 0. The molecule has 0 spiro atoms. The smallest absolute Gasteiger partial charge is 0.316 e. The molecule has 14 heavy (non-hydrogen) atoms. The maximum absolute atomic E-state index is 11.3. The molecule has 0 bridgehead atoms. The van der Waals surface area contributed by atoms with E-state index >= 15 is 0 Å². The number of hydrogen-bond acceptors (Lipinski definition) is 3. The molecule has 0 aliphatic heterocycles. The van der Waals surface area contributed by atoms with Gasteiger partial charge in [0.2, 0.25) is 0 Å². The molecule has 3 heteroatoms. The lowest BCUT2D eigenvalue weighted by Gasteiger charge is -2.11. The molecular formula is C11H18O3. The Morgan fingerprint density at radius 3 is 2.29 bits per heavy atom. The van der Waals surface area contributed by atoms with Crippen molar-refractivity contribution in [2.45, 2.75) is 33.6 Å². The van der Waals surface area contributed by atoms with Crippen LogP contribution in [-0.4, -0.2) is 18.4 Å². The van der Waals surface area contributed by atoms with E-state index in [4.69, 9.17) is 4.74 Å². The molecule has 1 unspecified atom stereocenters. The van der Waals surface area contributed by atoms with E-state index in [1.54, 1.807) is 6.92 Å². The summed E-state index contributed by atoms with van der Waals surface area (Å²) >= 11 is 0. The van der Waals surface area contributed by atoms with Gasteiger partial charge in [0.05, 0.1) is 6.61 Å². The molecule has 0 fully saturated rings. The van der Waals surface area contributed by atoms with Gasteiger partial charge in [0, 0.05) is 0 Å². The number of ether oxygens (including phenoxy) is 1. The fraction of sp³-hybridized carbons (Fsp3) is 0.636. The Labute approximate surface area is 85.1 Å². The molecule has 0 heterocycles. The van der Waals surface area contributed by atoms with Gasteiger partial charge < -0.3 is 4.74 Å². The largest absolute Gasteiger partial charge is 0.465 e. The van der Waals surface area contributed by atoms with Crippen molar-refractivity contribution in [3.8, 4) is 0 Å². The van der Waals surface area contributed by atoms with E-state index in [9.17, 15) is 9.59 Å². The summed E-state index contributed by atoms with van der Waals surface area (Å²) < 4.78 is 4.81. The zero-order chi connectivity index (χ0) is 11.1. The molecule has 0 radical (unpaired) electrons. The Kier molecular flexibility index (Phi) is 5.84. The van der Waals surface area contributed by atoms with Gasteiger partial charge in [-0.15, -0.1) is 6.58 Å². The lowest BCUT2D eigenvalue weighted by Crippen LogP contribution is -2.24. The standard InChI is InChI=1S/C11H18O3/c1-5-14-11(13)10(9(4)12)7-6-8(2)3/h10H,2,5-7H2,1,3-4H3. The summed E-state index contributed by atoms with van der Waals surface area (Å²) in [4.78, 5) is 22.5. The lowest BCUT2D eigenvalue weighted by molar-refractivity contribution is -0.151. The summed E-state index contributed by atoms with van der Waals surface area (Å²) in [5, 5.41) is 0. The second kappa shape index (κ2) is 6.35. The van der Waals surface area contributed by atoms with Crippen molar-refractivity contribution in [1.29, 1.82) is 0 Å². The van der Waals surface area contributed by atoms with Gasteiger partial charge >= 0.3 is 5.97 Å². The average Bonchev–Trinajstić information content (AvgIpc) is 2.03. The molecule has 0 saturated carbocycles. The van der Waals surface area contributed by atoms with Crippen molar-refractivity contribution in [1.82, 2.24) is 0 Å². The first-order valence-corrected chi connectivity index (χ1v) is 4.80. The summed E-state index contributed by atoms with van der Waals surface area (Å²) in [5.74, 6) is -1.17. The van der Waals surface area contributed by atoms with Gasteiger partial charge in [-0.1, -0.05) is 5.57 Å². The Balaban J connectivity index is 4.22. The minimum absolute atomic E-state index is 0.135. The first-order chi connectivity index (χ1) is 6.49. The summed E-state index contributed by atoms with van der Waals surface area (Å²) in [5.41, 5.74) is 0.973. The highest BCUT2D eigenvalue weighted by Gasteiger charge is 2.23. The Hall–Kier alpha value is -1.12. The third-order valence-electron chi connectivity index (χ3n) is 1.92. The molecule has 0 amide bonds. The molecule has 3 nitrogen and oxygen atoms in total. The first kappa shape index (κ1) is 12.9. The minimum Gasteiger partial charge on any atom is -0.465 e. The molecule has 0 aromatic rings. The van der Waals surface area contributed by atoms with Gasteiger partial charge in [-0.2, -0.15) is 0 Å². The zero-order valence-corrected chi connectivity index (χ0v) is 9.13. The van der Waals surface area contributed by atoms with Crippen molar-refractivity contribution in [3.63, 3.8) is 0 Å². The SMILES string of the molecule is C=C(C)CCC(C(C)=O)C(=O)OCC. The van der Waals surface area contributed by atoms with E-state index in [-0.39, 0.29) is 5.78 Å². The monoisotopic (exact) mass is 198 g/mol. The first-order valence-electron chi connectivity index (χ1n) is 4.80. The van der Waals surface area contributed by atoms with Crippen molar-refractivity contribution in [2.24, 2.45) is 5.92 Å². The topological polar surface area (TPSA) is 43.4 Å². The molecule has 0 rings (SSSR count). The van der Waals surface area contributed by atoms with E-state index in [0.29, 0.717) is 19.4 Å². The predicted octanol–water partition coefficient (Wildman–Crippen LogP) is 2.11. The van der Waals surface area contributed by atoms with E-state index in [1.165, 1.54) is 6.92 Å². The molecule has 0 aliphatic rings. The predicted molar refractivity (Wildman–Crippen MR) is 54.9 cm³/mol. The van der Waals surface area contributed by atoms with Crippen LogP contribution >= 0.6 is 0 Å². The third kappa shape index (κ3) is 4.80. The second-order valence-corrected chi connectivity index (χ2v) is 3.41. The number of allylic oxidation sites excluding steroid dienone is 1. The van der Waals surface area contributed by atoms with Crippen LogP contribution in [0.3, 0.4) is 0 Å². The summed E-state index contributed by atoms with van der Waals surface area (Å²) in [7, 11) is 0. The molecule has 0 saturated heterocycles. The number of carbonyl (C=O) groups is 2. The van der Waals surface area contributed by atoms with Gasteiger partial charge in [-0.25, -0.2) is 0 Å². The molecule has 0 aromatic heterocycles. The van der Waals surface area contributed by atoms with Gasteiger partial charge in [-0.05, 0) is 33.6 Å². The van der Waals surface area contributed by atoms with Gasteiger partial charge in [-0.3, -0.25) is 9.59 Å². The zero-order valence-electron chi connectivity index (χ0n) is 9.13. The van der Waals surface area contributed by atoms with Crippen molar-refractivity contribution in [3.05, 3.63) is 12.2 Å². The van der Waals surface area contributed by atoms with Crippen LogP contribution in [0.25, 0.3) is 0 Å². The number of Topliss-reactive ketones (excluding diaryl/α,β-unsaturated/α-hetero) is 1. The van der Waals surface area contributed by atoms with E-state index < -0.39 is 11.9 Å². The number of hydrogen-bond donors (Lipinski definition) is 0. The molecule has 0 aromatic carbocycles. The average molecular weight is 198 g/mol. The highest BCUT2D eigenvalue weighted by molar-refractivity contribution is 5.97. The van der Waals surface area contributed by atoms with Crippen LogP contribution in [0.1, 0.15) is 33.6 Å². The van der Waals surface area contributed by atoms with Crippen LogP contribution in [0.5, 0.6) is 0 Å². The summed E-state index contributed by atoms with van der Waals surface area (Å²) in [6.07, 6.45) is 1.19. The van der Waals surface area contributed by atoms with E-state index in [2.05, 4.69) is 6.58 Å². The van der Waals surface area contributed by atoms with Crippen molar-refractivity contribution < 1.29 is 14.3 Å². The highest BCUT2D eigenvalue weighted by Crippen LogP contribution is 2.13. The normalized spacial score (nSPS) is 11.9. The minimum atomic E-state index is -0.619. The fourth-order valence-corrected chi connectivity index (χ4v) is 1.12. The highest BCUT2D eigenvalue weighted by atomic mass is 16.5.